The molecule has 0 amide bonds. The third kappa shape index (κ3) is 3.31. The van der Waals surface area contributed by atoms with Gasteiger partial charge in [-0.05, 0) is 24.3 Å². The number of benzene rings is 2. The molecule has 2 aromatic carbocycles. The first-order valence-corrected chi connectivity index (χ1v) is 7.59. The molecule has 3 aromatic rings. The Morgan fingerprint density at radius 3 is 2.62 bits per heavy atom. The van der Waals surface area contributed by atoms with Gasteiger partial charge in [-0.3, -0.25) is 0 Å². The molecule has 0 aliphatic heterocycles. The third-order valence-electron chi connectivity index (χ3n) is 2.91. The maximum absolute atomic E-state index is 5.71. The van der Waals surface area contributed by atoms with E-state index in [-0.39, 0.29) is 0 Å². The van der Waals surface area contributed by atoms with Crippen molar-refractivity contribution < 1.29 is 13.9 Å². The second-order valence-electron chi connectivity index (χ2n) is 4.30. The highest BCUT2D eigenvalue weighted by atomic mass is 32.2. The largest absolute Gasteiger partial charge is 0.493 e. The standard InChI is InChI=1S/C16H15NO3S/c1-18-14-8-4-5-9-15(14)19-10-11-21-16-17-12-6-2-3-7-13(12)20-16/h2-9H,10-11H2,1H3. The summed E-state index contributed by atoms with van der Waals surface area (Å²) in [6.07, 6.45) is 0. The van der Waals surface area contributed by atoms with Crippen LogP contribution in [-0.4, -0.2) is 24.5 Å². The molecular weight excluding hydrogens is 286 g/mol. The van der Waals surface area contributed by atoms with Crippen molar-refractivity contribution >= 4 is 22.9 Å². The molecule has 5 heteroatoms. The van der Waals surface area contributed by atoms with Crippen LogP contribution in [0.25, 0.3) is 11.1 Å². The predicted molar refractivity (Wildman–Crippen MR) is 83.2 cm³/mol. The average Bonchev–Trinajstić information content (AvgIpc) is 2.94. The van der Waals surface area contributed by atoms with Crippen LogP contribution >= 0.6 is 11.8 Å². The fourth-order valence-corrected chi connectivity index (χ4v) is 2.58. The van der Waals surface area contributed by atoms with Crippen molar-refractivity contribution in [3.05, 3.63) is 48.5 Å². The van der Waals surface area contributed by atoms with E-state index in [2.05, 4.69) is 4.98 Å². The van der Waals surface area contributed by atoms with Crippen molar-refractivity contribution in [1.82, 2.24) is 4.98 Å². The molecule has 21 heavy (non-hydrogen) atoms. The van der Waals surface area contributed by atoms with Gasteiger partial charge in [0.25, 0.3) is 5.22 Å². The summed E-state index contributed by atoms with van der Waals surface area (Å²) in [6.45, 7) is 0.559. The number of para-hydroxylation sites is 4. The lowest BCUT2D eigenvalue weighted by Crippen LogP contribution is -2.01. The fraction of sp³-hybridized carbons (Fsp3) is 0.188. The number of oxazole rings is 1. The summed E-state index contributed by atoms with van der Waals surface area (Å²) in [5.74, 6) is 2.24. The normalized spacial score (nSPS) is 10.7. The second kappa shape index (κ2) is 6.54. The van der Waals surface area contributed by atoms with Crippen LogP contribution in [0.15, 0.2) is 58.2 Å². The Labute approximate surface area is 127 Å². The van der Waals surface area contributed by atoms with Gasteiger partial charge in [0.2, 0.25) is 0 Å². The molecule has 1 aromatic heterocycles. The number of fused-ring (bicyclic) bond motifs is 1. The Balaban J connectivity index is 1.54. The van der Waals surface area contributed by atoms with Gasteiger partial charge in [0.1, 0.15) is 5.52 Å². The van der Waals surface area contributed by atoms with Crippen LogP contribution in [0.1, 0.15) is 0 Å². The predicted octanol–water partition coefficient (Wildman–Crippen LogP) is 4.01. The molecule has 0 saturated heterocycles. The zero-order valence-corrected chi connectivity index (χ0v) is 12.4. The molecule has 1 heterocycles. The Bertz CT molecular complexity index is 693. The summed E-state index contributed by atoms with van der Waals surface area (Å²) < 4.78 is 16.6. The molecule has 0 saturated carbocycles. The van der Waals surface area contributed by atoms with Crippen LogP contribution in [0.3, 0.4) is 0 Å². The van der Waals surface area contributed by atoms with E-state index in [9.17, 15) is 0 Å². The number of rotatable bonds is 6. The number of methoxy groups -OCH3 is 1. The average molecular weight is 301 g/mol. The van der Waals surface area contributed by atoms with Crippen LogP contribution in [0.4, 0.5) is 0 Å². The topological polar surface area (TPSA) is 44.5 Å². The zero-order chi connectivity index (χ0) is 14.5. The zero-order valence-electron chi connectivity index (χ0n) is 11.6. The second-order valence-corrected chi connectivity index (χ2v) is 5.34. The van der Waals surface area contributed by atoms with Crippen molar-refractivity contribution in [2.45, 2.75) is 5.22 Å². The maximum atomic E-state index is 5.71. The summed E-state index contributed by atoms with van der Waals surface area (Å²) >= 11 is 1.54. The van der Waals surface area contributed by atoms with E-state index >= 15 is 0 Å². The molecule has 0 atom stereocenters. The monoisotopic (exact) mass is 301 g/mol. The van der Waals surface area contributed by atoms with E-state index in [0.717, 1.165) is 28.4 Å². The lowest BCUT2D eigenvalue weighted by Gasteiger charge is -2.09. The highest BCUT2D eigenvalue weighted by molar-refractivity contribution is 7.99. The van der Waals surface area contributed by atoms with Crippen LogP contribution in [0.5, 0.6) is 11.5 Å². The van der Waals surface area contributed by atoms with Gasteiger partial charge in [-0.15, -0.1) is 0 Å². The first-order valence-electron chi connectivity index (χ1n) is 6.61. The highest BCUT2D eigenvalue weighted by Gasteiger charge is 2.06. The highest BCUT2D eigenvalue weighted by Crippen LogP contribution is 2.27. The first kappa shape index (κ1) is 13.8. The molecule has 0 bridgehead atoms. The van der Waals surface area contributed by atoms with Crippen LogP contribution < -0.4 is 9.47 Å². The minimum atomic E-state index is 0.559. The molecule has 4 nitrogen and oxygen atoms in total. The van der Waals surface area contributed by atoms with Gasteiger partial charge >= 0.3 is 0 Å². The molecule has 0 N–H and O–H groups in total. The van der Waals surface area contributed by atoms with E-state index in [1.165, 1.54) is 11.8 Å². The van der Waals surface area contributed by atoms with E-state index in [0.29, 0.717) is 11.8 Å². The summed E-state index contributed by atoms with van der Waals surface area (Å²) in [4.78, 5) is 4.41. The van der Waals surface area contributed by atoms with Crippen molar-refractivity contribution in [3.8, 4) is 11.5 Å². The van der Waals surface area contributed by atoms with Crippen molar-refractivity contribution in [2.75, 3.05) is 19.5 Å². The van der Waals surface area contributed by atoms with Gasteiger partial charge in [-0.25, -0.2) is 4.98 Å². The Morgan fingerprint density at radius 1 is 1.05 bits per heavy atom. The van der Waals surface area contributed by atoms with Crippen molar-refractivity contribution in [3.63, 3.8) is 0 Å². The minimum absolute atomic E-state index is 0.559. The summed E-state index contributed by atoms with van der Waals surface area (Å²) in [7, 11) is 1.63. The first-order chi connectivity index (χ1) is 10.4. The molecule has 0 aliphatic rings. The molecule has 0 fully saturated rings. The van der Waals surface area contributed by atoms with Crippen molar-refractivity contribution in [2.24, 2.45) is 0 Å². The maximum Gasteiger partial charge on any atom is 0.256 e. The number of nitrogens with zero attached hydrogens (tertiary/aromatic N) is 1. The molecule has 108 valence electrons. The summed E-state index contributed by atoms with van der Waals surface area (Å²) in [5.41, 5.74) is 1.69. The lowest BCUT2D eigenvalue weighted by molar-refractivity contribution is 0.313. The molecule has 0 radical (unpaired) electrons. The minimum Gasteiger partial charge on any atom is -0.493 e. The lowest BCUT2D eigenvalue weighted by atomic mass is 10.3. The number of ether oxygens (including phenoxy) is 2. The van der Waals surface area contributed by atoms with Gasteiger partial charge in [0.05, 0.1) is 13.7 Å². The van der Waals surface area contributed by atoms with Crippen LogP contribution in [-0.2, 0) is 0 Å². The van der Waals surface area contributed by atoms with Gasteiger partial charge < -0.3 is 13.9 Å². The molecular formula is C16H15NO3S. The van der Waals surface area contributed by atoms with Gasteiger partial charge in [0, 0.05) is 5.75 Å². The number of aromatic nitrogens is 1. The van der Waals surface area contributed by atoms with Gasteiger partial charge in [-0.1, -0.05) is 36.0 Å². The Morgan fingerprint density at radius 2 is 1.81 bits per heavy atom. The molecule has 0 spiro atoms. The molecule has 0 aliphatic carbocycles. The molecule has 3 rings (SSSR count). The van der Waals surface area contributed by atoms with Crippen LogP contribution in [0, 0.1) is 0 Å². The Kier molecular flexibility index (Phi) is 4.31. The van der Waals surface area contributed by atoms with Crippen molar-refractivity contribution in [1.29, 1.82) is 0 Å². The van der Waals surface area contributed by atoms with E-state index < -0.39 is 0 Å². The smallest absolute Gasteiger partial charge is 0.256 e. The summed E-state index contributed by atoms with van der Waals surface area (Å²) in [5, 5.41) is 0.667. The quantitative estimate of drug-likeness (QED) is 0.508. The van der Waals surface area contributed by atoms with Gasteiger partial charge in [-0.2, -0.15) is 0 Å². The fourth-order valence-electron chi connectivity index (χ4n) is 1.93. The number of thioether (sulfide) groups is 1. The Hall–Kier alpha value is -2.14. The van der Waals surface area contributed by atoms with E-state index in [1.807, 2.05) is 48.5 Å². The number of hydrogen-bond acceptors (Lipinski definition) is 5. The van der Waals surface area contributed by atoms with E-state index in [1.54, 1.807) is 7.11 Å². The SMILES string of the molecule is COc1ccccc1OCCSc1nc2ccccc2o1. The summed E-state index contributed by atoms with van der Waals surface area (Å²) in [6, 6.07) is 15.3. The third-order valence-corrected chi connectivity index (χ3v) is 3.70. The number of hydrogen-bond donors (Lipinski definition) is 0. The molecule has 0 unspecified atom stereocenters. The van der Waals surface area contributed by atoms with Crippen LogP contribution in [0.2, 0.25) is 0 Å². The van der Waals surface area contributed by atoms with E-state index in [4.69, 9.17) is 13.9 Å². The van der Waals surface area contributed by atoms with Gasteiger partial charge in [0.15, 0.2) is 17.1 Å².